The molecule has 8 heteroatoms. The second-order valence-electron chi connectivity index (χ2n) is 3.00. The van der Waals surface area contributed by atoms with E-state index in [9.17, 15) is 18.0 Å². The SMILES string of the molecule is COC(=O)C(=O)NS(=O)(=O)c1ccc(N)cc1. The van der Waals surface area contributed by atoms with Gasteiger partial charge in [-0.25, -0.2) is 17.9 Å². The Balaban J connectivity index is 2.93. The summed E-state index contributed by atoms with van der Waals surface area (Å²) in [6.07, 6.45) is 0. The molecule has 0 radical (unpaired) electrons. The zero-order valence-corrected chi connectivity index (χ0v) is 9.65. The van der Waals surface area contributed by atoms with Crippen molar-refractivity contribution in [2.45, 2.75) is 4.90 Å². The van der Waals surface area contributed by atoms with Gasteiger partial charge in [-0.05, 0) is 24.3 Å². The lowest BCUT2D eigenvalue weighted by atomic mass is 10.3. The van der Waals surface area contributed by atoms with Gasteiger partial charge in [0.25, 0.3) is 10.0 Å². The van der Waals surface area contributed by atoms with Crippen molar-refractivity contribution in [2.75, 3.05) is 12.8 Å². The van der Waals surface area contributed by atoms with Crippen molar-refractivity contribution in [2.24, 2.45) is 0 Å². The number of rotatable bonds is 2. The maximum absolute atomic E-state index is 11.6. The number of methoxy groups -OCH3 is 1. The fourth-order valence-corrected chi connectivity index (χ4v) is 1.90. The van der Waals surface area contributed by atoms with Gasteiger partial charge < -0.3 is 10.5 Å². The van der Waals surface area contributed by atoms with E-state index in [4.69, 9.17) is 5.73 Å². The van der Waals surface area contributed by atoms with Gasteiger partial charge in [-0.2, -0.15) is 0 Å². The molecule has 1 rings (SSSR count). The minimum Gasteiger partial charge on any atom is -0.462 e. The summed E-state index contributed by atoms with van der Waals surface area (Å²) in [6, 6.07) is 5.14. The van der Waals surface area contributed by atoms with E-state index in [1.807, 2.05) is 0 Å². The molecule has 17 heavy (non-hydrogen) atoms. The van der Waals surface area contributed by atoms with Crippen LogP contribution in [0.15, 0.2) is 29.2 Å². The average molecular weight is 258 g/mol. The summed E-state index contributed by atoms with van der Waals surface area (Å²) in [5, 5.41) is 0. The quantitative estimate of drug-likeness (QED) is 0.409. The number of esters is 1. The summed E-state index contributed by atoms with van der Waals surface area (Å²) in [4.78, 5) is 21.6. The summed E-state index contributed by atoms with van der Waals surface area (Å²) in [6.45, 7) is 0. The van der Waals surface area contributed by atoms with Gasteiger partial charge in [0.05, 0.1) is 12.0 Å². The summed E-state index contributed by atoms with van der Waals surface area (Å²) >= 11 is 0. The van der Waals surface area contributed by atoms with Crippen LogP contribution < -0.4 is 10.5 Å². The third-order valence-corrected chi connectivity index (χ3v) is 3.14. The predicted molar refractivity (Wildman–Crippen MR) is 58.2 cm³/mol. The van der Waals surface area contributed by atoms with E-state index in [0.717, 1.165) is 7.11 Å². The van der Waals surface area contributed by atoms with E-state index >= 15 is 0 Å². The Bertz CT molecular complexity index is 535. The molecule has 0 unspecified atom stereocenters. The Morgan fingerprint density at radius 1 is 1.24 bits per heavy atom. The maximum Gasteiger partial charge on any atom is 0.397 e. The summed E-state index contributed by atoms with van der Waals surface area (Å²) in [7, 11) is -3.12. The molecule has 1 aromatic rings. The van der Waals surface area contributed by atoms with E-state index in [-0.39, 0.29) is 4.90 Å². The van der Waals surface area contributed by atoms with Crippen LogP contribution >= 0.6 is 0 Å². The number of carbonyl (C=O) groups is 2. The smallest absolute Gasteiger partial charge is 0.397 e. The topological polar surface area (TPSA) is 116 Å². The Hall–Kier alpha value is -2.09. The second kappa shape index (κ2) is 4.83. The number of hydrogen-bond donors (Lipinski definition) is 2. The second-order valence-corrected chi connectivity index (χ2v) is 4.68. The van der Waals surface area contributed by atoms with Crippen molar-refractivity contribution >= 4 is 27.6 Å². The normalized spacial score (nSPS) is 10.6. The Morgan fingerprint density at radius 3 is 2.24 bits per heavy atom. The van der Waals surface area contributed by atoms with Crippen molar-refractivity contribution in [3.63, 3.8) is 0 Å². The van der Waals surface area contributed by atoms with Gasteiger partial charge in [0, 0.05) is 5.69 Å². The fraction of sp³-hybridized carbons (Fsp3) is 0.111. The van der Waals surface area contributed by atoms with Crippen molar-refractivity contribution in [1.82, 2.24) is 4.72 Å². The number of nitrogen functional groups attached to an aromatic ring is 1. The van der Waals surface area contributed by atoms with Crippen LogP contribution in [-0.2, 0) is 24.3 Å². The van der Waals surface area contributed by atoms with Crippen LogP contribution in [0.1, 0.15) is 0 Å². The number of hydrogen-bond acceptors (Lipinski definition) is 6. The van der Waals surface area contributed by atoms with E-state index in [0.29, 0.717) is 5.69 Å². The number of nitrogens with one attached hydrogen (secondary N) is 1. The standard InChI is InChI=1S/C9H10N2O5S/c1-16-9(13)8(12)11-17(14,15)7-4-2-6(10)3-5-7/h2-5H,10H2,1H3,(H,11,12). The fourth-order valence-electron chi connectivity index (χ4n) is 0.962. The van der Waals surface area contributed by atoms with Crippen LogP contribution in [0.5, 0.6) is 0 Å². The molecule has 0 aromatic heterocycles. The molecule has 0 saturated carbocycles. The highest BCUT2D eigenvalue weighted by Crippen LogP contribution is 2.11. The number of carbonyl (C=O) groups excluding carboxylic acids is 2. The molecule has 0 spiro atoms. The number of amides is 1. The zero-order valence-electron chi connectivity index (χ0n) is 8.84. The van der Waals surface area contributed by atoms with Crippen LogP contribution in [0.3, 0.4) is 0 Å². The first-order chi connectivity index (χ1) is 7.86. The van der Waals surface area contributed by atoms with E-state index in [2.05, 4.69) is 4.74 Å². The third kappa shape index (κ3) is 3.18. The molecular formula is C9H10N2O5S. The molecule has 7 nitrogen and oxygen atoms in total. The predicted octanol–water partition coefficient (Wildman–Crippen LogP) is -0.753. The van der Waals surface area contributed by atoms with E-state index in [1.54, 1.807) is 4.72 Å². The van der Waals surface area contributed by atoms with Gasteiger partial charge in [-0.3, -0.25) is 4.79 Å². The van der Waals surface area contributed by atoms with Crippen molar-refractivity contribution < 1.29 is 22.7 Å². The van der Waals surface area contributed by atoms with Crippen LogP contribution in [0.25, 0.3) is 0 Å². The van der Waals surface area contributed by atoms with Crippen LogP contribution in [0, 0.1) is 0 Å². The molecule has 3 N–H and O–H groups in total. The summed E-state index contributed by atoms with van der Waals surface area (Å²) in [5.41, 5.74) is 5.76. The van der Waals surface area contributed by atoms with Gasteiger partial charge >= 0.3 is 11.9 Å². The molecule has 0 heterocycles. The van der Waals surface area contributed by atoms with Gasteiger partial charge in [0.15, 0.2) is 0 Å². The first kappa shape index (κ1) is 13.0. The van der Waals surface area contributed by atoms with Gasteiger partial charge in [0.1, 0.15) is 0 Å². The largest absolute Gasteiger partial charge is 0.462 e. The maximum atomic E-state index is 11.6. The molecular weight excluding hydrogens is 248 g/mol. The summed E-state index contributed by atoms with van der Waals surface area (Å²) in [5.74, 6) is -2.65. The minimum absolute atomic E-state index is 0.177. The number of anilines is 1. The molecule has 0 aliphatic rings. The van der Waals surface area contributed by atoms with Crippen molar-refractivity contribution in [3.8, 4) is 0 Å². The highest BCUT2D eigenvalue weighted by atomic mass is 32.2. The number of ether oxygens (including phenoxy) is 1. The van der Waals surface area contributed by atoms with Crippen molar-refractivity contribution in [3.05, 3.63) is 24.3 Å². The van der Waals surface area contributed by atoms with Gasteiger partial charge in [-0.15, -0.1) is 0 Å². The Labute approximate surface area is 97.6 Å². The molecule has 1 aromatic carbocycles. The highest BCUT2D eigenvalue weighted by Gasteiger charge is 2.22. The molecule has 0 fully saturated rings. The van der Waals surface area contributed by atoms with Crippen LogP contribution in [0.2, 0.25) is 0 Å². The zero-order chi connectivity index (χ0) is 13.1. The van der Waals surface area contributed by atoms with Gasteiger partial charge in [-0.1, -0.05) is 0 Å². The summed E-state index contributed by atoms with van der Waals surface area (Å²) < 4.78 is 28.8. The van der Waals surface area contributed by atoms with E-state index < -0.39 is 21.9 Å². The molecule has 0 aliphatic heterocycles. The number of sulfonamides is 1. The average Bonchev–Trinajstić information content (AvgIpc) is 2.27. The minimum atomic E-state index is -4.09. The first-order valence-corrected chi connectivity index (χ1v) is 5.86. The molecule has 0 bridgehead atoms. The van der Waals surface area contributed by atoms with Crippen LogP contribution in [-0.4, -0.2) is 27.4 Å². The number of nitrogens with two attached hydrogens (primary N) is 1. The lowest BCUT2D eigenvalue weighted by Gasteiger charge is -2.05. The van der Waals surface area contributed by atoms with Crippen LogP contribution in [0.4, 0.5) is 5.69 Å². The molecule has 0 atom stereocenters. The molecule has 1 amide bonds. The molecule has 0 saturated heterocycles. The lowest BCUT2D eigenvalue weighted by molar-refractivity contribution is -0.151. The van der Waals surface area contributed by atoms with Crippen molar-refractivity contribution in [1.29, 1.82) is 0 Å². The highest BCUT2D eigenvalue weighted by molar-refractivity contribution is 7.90. The van der Waals surface area contributed by atoms with E-state index in [1.165, 1.54) is 24.3 Å². The lowest BCUT2D eigenvalue weighted by Crippen LogP contribution is -2.36. The Morgan fingerprint density at radius 2 is 1.76 bits per heavy atom. The number of benzene rings is 1. The molecule has 0 aliphatic carbocycles. The van der Waals surface area contributed by atoms with Gasteiger partial charge in [0.2, 0.25) is 0 Å². The molecule has 92 valence electrons. The monoisotopic (exact) mass is 258 g/mol. The Kier molecular flexibility index (Phi) is 3.69. The third-order valence-electron chi connectivity index (χ3n) is 1.79. The first-order valence-electron chi connectivity index (χ1n) is 4.37.